The van der Waals surface area contributed by atoms with Gasteiger partial charge in [0.2, 0.25) is 0 Å². The molecule has 0 aromatic heterocycles. The second-order valence-electron chi connectivity index (χ2n) is 1.65. The summed E-state index contributed by atoms with van der Waals surface area (Å²) in [5.74, 6) is 0. The Kier molecular flexibility index (Phi) is 11.6. The van der Waals surface area contributed by atoms with Crippen LogP contribution < -0.4 is 5.73 Å². The fourth-order valence-corrected chi connectivity index (χ4v) is 0.932. The predicted octanol–water partition coefficient (Wildman–Crippen LogP) is 2.09. The van der Waals surface area contributed by atoms with Crippen molar-refractivity contribution in [1.29, 1.82) is 0 Å². The van der Waals surface area contributed by atoms with Crippen molar-refractivity contribution < 1.29 is 0 Å². The number of alkyl halides is 1. The van der Waals surface area contributed by atoms with Crippen molar-refractivity contribution >= 4 is 32.9 Å². The van der Waals surface area contributed by atoms with Gasteiger partial charge in [0, 0.05) is 11.4 Å². The fraction of sp³-hybridized carbons (Fsp3) is 1.00. The highest BCUT2D eigenvalue weighted by molar-refractivity contribution is 9.09. The van der Waals surface area contributed by atoms with Gasteiger partial charge in [-0.1, -0.05) is 22.9 Å². The van der Waals surface area contributed by atoms with Crippen LogP contribution in [0.25, 0.3) is 0 Å². The molecule has 0 aliphatic rings. The van der Waals surface area contributed by atoms with Crippen LogP contribution in [0, 0.1) is 0 Å². The Morgan fingerprint density at radius 1 is 1.62 bits per heavy atom. The summed E-state index contributed by atoms with van der Waals surface area (Å²) in [6.07, 6.45) is 2.18. The van der Waals surface area contributed by atoms with Crippen molar-refractivity contribution in [2.24, 2.45) is 5.73 Å². The van der Waals surface area contributed by atoms with Crippen molar-refractivity contribution in [3.8, 4) is 0 Å². The minimum Gasteiger partial charge on any atom is -0.328 e. The van der Waals surface area contributed by atoms with E-state index in [1.807, 2.05) is 0 Å². The smallest absolute Gasteiger partial charge is 0.00460 e. The largest absolute Gasteiger partial charge is 0.328 e. The number of halogens is 2. The molecule has 0 heterocycles. The summed E-state index contributed by atoms with van der Waals surface area (Å²) in [5, 5.41) is 1.03. The van der Waals surface area contributed by atoms with Gasteiger partial charge in [-0.25, -0.2) is 0 Å². The van der Waals surface area contributed by atoms with Crippen molar-refractivity contribution in [3.05, 3.63) is 0 Å². The van der Waals surface area contributed by atoms with E-state index in [4.69, 9.17) is 5.73 Å². The SMILES string of the molecule is Br.CC[C@H](N)CCBr. The molecule has 0 aromatic rings. The first kappa shape index (κ1) is 11.7. The van der Waals surface area contributed by atoms with Gasteiger partial charge in [-0.2, -0.15) is 0 Å². The second kappa shape index (κ2) is 7.92. The number of hydrogen-bond acceptors (Lipinski definition) is 1. The van der Waals surface area contributed by atoms with Gasteiger partial charge >= 0.3 is 0 Å². The van der Waals surface area contributed by atoms with Crippen LogP contribution in [-0.4, -0.2) is 11.4 Å². The molecular formula is C5H13Br2N. The highest BCUT2D eigenvalue weighted by Crippen LogP contribution is 1.95. The van der Waals surface area contributed by atoms with Crippen LogP contribution in [0.15, 0.2) is 0 Å². The van der Waals surface area contributed by atoms with E-state index < -0.39 is 0 Å². The first-order chi connectivity index (χ1) is 3.31. The molecule has 8 heavy (non-hydrogen) atoms. The van der Waals surface area contributed by atoms with E-state index in [1.165, 1.54) is 0 Å². The molecule has 0 aliphatic heterocycles. The van der Waals surface area contributed by atoms with Crippen LogP contribution >= 0.6 is 32.9 Å². The van der Waals surface area contributed by atoms with Crippen LogP contribution in [0.2, 0.25) is 0 Å². The summed E-state index contributed by atoms with van der Waals surface area (Å²) < 4.78 is 0. The molecule has 0 saturated carbocycles. The van der Waals surface area contributed by atoms with Gasteiger partial charge in [-0.3, -0.25) is 0 Å². The fourth-order valence-electron chi connectivity index (χ4n) is 0.344. The summed E-state index contributed by atoms with van der Waals surface area (Å²) in [5.41, 5.74) is 5.55. The minimum atomic E-state index is 0. The molecule has 0 unspecified atom stereocenters. The molecule has 0 aliphatic carbocycles. The Balaban J connectivity index is 0. The number of hydrogen-bond donors (Lipinski definition) is 1. The zero-order valence-electron chi connectivity index (χ0n) is 5.06. The van der Waals surface area contributed by atoms with Crippen molar-refractivity contribution in [2.45, 2.75) is 25.8 Å². The van der Waals surface area contributed by atoms with E-state index in [0.29, 0.717) is 6.04 Å². The quantitative estimate of drug-likeness (QED) is 0.759. The molecule has 0 aromatic carbocycles. The van der Waals surface area contributed by atoms with E-state index in [-0.39, 0.29) is 17.0 Å². The summed E-state index contributed by atoms with van der Waals surface area (Å²) in [6.45, 7) is 2.10. The van der Waals surface area contributed by atoms with Crippen molar-refractivity contribution in [3.63, 3.8) is 0 Å². The maximum absolute atomic E-state index is 5.55. The molecule has 3 heteroatoms. The molecule has 1 atom stereocenters. The van der Waals surface area contributed by atoms with Gasteiger partial charge in [0.1, 0.15) is 0 Å². The molecule has 0 fully saturated rings. The summed E-state index contributed by atoms with van der Waals surface area (Å²) >= 11 is 3.31. The van der Waals surface area contributed by atoms with Gasteiger partial charge in [0.05, 0.1) is 0 Å². The lowest BCUT2D eigenvalue weighted by Gasteiger charge is -2.02. The van der Waals surface area contributed by atoms with Crippen LogP contribution in [0.3, 0.4) is 0 Å². The molecule has 0 amide bonds. The van der Waals surface area contributed by atoms with E-state index in [2.05, 4.69) is 22.9 Å². The standard InChI is InChI=1S/C5H12BrN.BrH/c1-2-5(7)3-4-6;/h5H,2-4,7H2,1H3;1H/t5-;/m0./s1. The third-order valence-corrected chi connectivity index (χ3v) is 1.46. The lowest BCUT2D eigenvalue weighted by atomic mass is 10.2. The Morgan fingerprint density at radius 2 is 2.12 bits per heavy atom. The van der Waals surface area contributed by atoms with Gasteiger partial charge in [-0.05, 0) is 12.8 Å². The maximum Gasteiger partial charge on any atom is 0.00460 e. The minimum absolute atomic E-state index is 0. The first-order valence-electron chi connectivity index (χ1n) is 2.62. The number of rotatable bonds is 3. The van der Waals surface area contributed by atoms with Crippen molar-refractivity contribution in [1.82, 2.24) is 0 Å². The van der Waals surface area contributed by atoms with E-state index in [9.17, 15) is 0 Å². The van der Waals surface area contributed by atoms with Gasteiger partial charge in [0.15, 0.2) is 0 Å². The zero-order chi connectivity index (χ0) is 5.70. The van der Waals surface area contributed by atoms with Crippen molar-refractivity contribution in [2.75, 3.05) is 5.33 Å². The monoisotopic (exact) mass is 245 g/mol. The van der Waals surface area contributed by atoms with Crippen LogP contribution in [0.1, 0.15) is 19.8 Å². The molecule has 0 radical (unpaired) electrons. The maximum atomic E-state index is 5.55. The Hall–Kier alpha value is 0.920. The van der Waals surface area contributed by atoms with Crippen LogP contribution in [0.4, 0.5) is 0 Å². The topological polar surface area (TPSA) is 26.0 Å². The molecule has 2 N–H and O–H groups in total. The van der Waals surface area contributed by atoms with Gasteiger partial charge in [-0.15, -0.1) is 17.0 Å². The van der Waals surface area contributed by atoms with Gasteiger partial charge < -0.3 is 5.73 Å². The Labute approximate surface area is 69.9 Å². The second-order valence-corrected chi connectivity index (χ2v) is 2.44. The lowest BCUT2D eigenvalue weighted by molar-refractivity contribution is 0.636. The molecule has 1 nitrogen and oxygen atoms in total. The Bertz CT molecular complexity index is 41.4. The third kappa shape index (κ3) is 6.92. The highest BCUT2D eigenvalue weighted by atomic mass is 79.9. The van der Waals surface area contributed by atoms with Crippen LogP contribution in [0.5, 0.6) is 0 Å². The van der Waals surface area contributed by atoms with E-state index >= 15 is 0 Å². The van der Waals surface area contributed by atoms with Gasteiger partial charge in [0.25, 0.3) is 0 Å². The third-order valence-electron chi connectivity index (χ3n) is 1.00. The predicted molar refractivity (Wildman–Crippen MR) is 47.0 cm³/mol. The molecule has 0 bridgehead atoms. The Morgan fingerprint density at radius 3 is 2.25 bits per heavy atom. The van der Waals surface area contributed by atoms with E-state index in [1.54, 1.807) is 0 Å². The first-order valence-corrected chi connectivity index (χ1v) is 3.75. The average molecular weight is 247 g/mol. The molecule has 0 saturated heterocycles. The zero-order valence-corrected chi connectivity index (χ0v) is 8.36. The van der Waals surface area contributed by atoms with E-state index in [0.717, 1.165) is 18.2 Å². The molecular weight excluding hydrogens is 234 g/mol. The normalized spacial score (nSPS) is 12.4. The number of nitrogens with two attached hydrogens (primary N) is 1. The summed E-state index contributed by atoms with van der Waals surface area (Å²) in [6, 6.07) is 0.402. The highest BCUT2D eigenvalue weighted by Gasteiger charge is 1.93. The average Bonchev–Trinajstić information content (AvgIpc) is 1.68. The molecule has 0 rings (SSSR count). The van der Waals surface area contributed by atoms with Crippen LogP contribution in [-0.2, 0) is 0 Å². The lowest BCUT2D eigenvalue weighted by Crippen LogP contribution is -2.18. The summed E-state index contributed by atoms with van der Waals surface area (Å²) in [7, 11) is 0. The molecule has 0 spiro atoms. The molecule has 52 valence electrons. The summed E-state index contributed by atoms with van der Waals surface area (Å²) in [4.78, 5) is 0.